The van der Waals surface area contributed by atoms with E-state index < -0.39 is 0 Å². The smallest absolute Gasteiger partial charge is 0.234 e. The first-order valence-corrected chi connectivity index (χ1v) is 20.9. The molecule has 0 aliphatic carbocycles. The fourth-order valence-electron chi connectivity index (χ4n) is 7.03. The molecule has 44 heavy (non-hydrogen) atoms. The highest BCUT2D eigenvalue weighted by Crippen LogP contribution is 2.16. The number of hydrogen-bond donors (Lipinski definition) is 0. The largest absolute Gasteiger partial charge is 0.256 e. The van der Waals surface area contributed by atoms with E-state index in [4.69, 9.17) is 0 Å². The summed E-state index contributed by atoms with van der Waals surface area (Å²) in [6, 6.07) is 0. The molecule has 260 valence electrons. The molecule has 1 aromatic rings. The van der Waals surface area contributed by atoms with Crippen molar-refractivity contribution in [3.8, 4) is 0 Å². The topological polar surface area (TPSA) is 8.81 Å². The predicted octanol–water partition coefficient (Wildman–Crippen LogP) is 14.3. The van der Waals surface area contributed by atoms with Crippen LogP contribution in [0.25, 0.3) is 0 Å². The highest BCUT2D eigenvalue weighted by molar-refractivity contribution is 4.84. The van der Waals surface area contributed by atoms with E-state index in [1.165, 1.54) is 231 Å². The van der Waals surface area contributed by atoms with Gasteiger partial charge in [0, 0.05) is 6.42 Å². The van der Waals surface area contributed by atoms with Gasteiger partial charge in [0.2, 0.25) is 0 Å². The van der Waals surface area contributed by atoms with Gasteiger partial charge in [-0.05, 0) is 32.1 Å². The van der Waals surface area contributed by atoms with Gasteiger partial charge in [-0.3, -0.25) is 0 Å². The van der Waals surface area contributed by atoms with Crippen LogP contribution >= 0.6 is 0 Å². The van der Waals surface area contributed by atoms with E-state index in [2.05, 4.69) is 42.3 Å². The van der Waals surface area contributed by atoms with Crippen LogP contribution < -0.4 is 4.57 Å². The van der Waals surface area contributed by atoms with Crippen molar-refractivity contribution in [1.29, 1.82) is 0 Å². The van der Waals surface area contributed by atoms with Crippen molar-refractivity contribution in [2.24, 2.45) is 0 Å². The van der Waals surface area contributed by atoms with Crippen LogP contribution in [0.4, 0.5) is 0 Å². The maximum absolute atomic E-state index is 2.64. The molecule has 2 heteroatoms. The van der Waals surface area contributed by atoms with Crippen molar-refractivity contribution in [1.82, 2.24) is 4.57 Å². The Bertz CT molecular complexity index is 677. The Morgan fingerprint density at radius 3 is 1.09 bits per heavy atom. The van der Waals surface area contributed by atoms with E-state index in [9.17, 15) is 0 Å². The number of aromatic nitrogens is 2. The molecule has 1 rings (SSSR count). The van der Waals surface area contributed by atoms with E-state index >= 15 is 0 Å². The van der Waals surface area contributed by atoms with Gasteiger partial charge in [-0.2, -0.15) is 0 Å². The zero-order chi connectivity index (χ0) is 31.6. The molecule has 1 heterocycles. The minimum Gasteiger partial charge on any atom is -0.234 e. The fourth-order valence-corrected chi connectivity index (χ4v) is 7.03. The van der Waals surface area contributed by atoms with Gasteiger partial charge in [0.1, 0.15) is 12.4 Å². The quantitative estimate of drug-likeness (QED) is 0.0524. The lowest BCUT2D eigenvalue weighted by molar-refractivity contribution is -0.704. The van der Waals surface area contributed by atoms with Crippen molar-refractivity contribution in [3.05, 3.63) is 18.2 Å². The molecular weight excluding hydrogens is 532 g/mol. The molecule has 0 aliphatic rings. The van der Waals surface area contributed by atoms with Crippen LogP contribution in [0.5, 0.6) is 0 Å². The monoisotopic (exact) mass is 616 g/mol. The van der Waals surface area contributed by atoms with Crippen LogP contribution in [0.2, 0.25) is 0 Å². The summed E-state index contributed by atoms with van der Waals surface area (Å²) in [6.45, 7) is 9.40. The lowest BCUT2D eigenvalue weighted by Crippen LogP contribution is -2.37. The number of imidazole rings is 1. The summed E-state index contributed by atoms with van der Waals surface area (Å²) >= 11 is 0. The van der Waals surface area contributed by atoms with Crippen LogP contribution in [0.1, 0.15) is 238 Å². The van der Waals surface area contributed by atoms with Crippen LogP contribution in [-0.2, 0) is 19.5 Å². The first-order valence-electron chi connectivity index (χ1n) is 20.9. The van der Waals surface area contributed by atoms with Crippen molar-refractivity contribution >= 4 is 0 Å². The van der Waals surface area contributed by atoms with E-state index in [-0.39, 0.29) is 0 Å². The highest BCUT2D eigenvalue weighted by atomic mass is 15.1. The summed E-state index contributed by atoms with van der Waals surface area (Å²) in [5, 5.41) is 0. The maximum atomic E-state index is 2.64. The standard InChI is InChI=1S/C42H83N2/c1-4-7-10-13-16-18-20-21-22-23-24-26-28-30-33-36-39-44-41-40-43(38-35-32-15-12-9-6-3)42(44)37-34-31-29-27-25-19-17-14-11-8-5-2/h40-41H,4-39H2,1-3H3/q+1. The molecule has 0 saturated heterocycles. The molecular formula is C42H83N2+. The molecule has 2 nitrogen and oxygen atoms in total. The third-order valence-corrected chi connectivity index (χ3v) is 10.1. The van der Waals surface area contributed by atoms with Crippen LogP contribution in [-0.4, -0.2) is 4.57 Å². The fraction of sp³-hybridized carbons (Fsp3) is 0.929. The SMILES string of the molecule is CCCCCCCCCCCCCCCCCC[n+]1ccn(CCCCCCCC)c1CCCCCCCCCCCCC. The minimum absolute atomic E-state index is 1.23. The zero-order valence-electron chi connectivity index (χ0n) is 31.0. The van der Waals surface area contributed by atoms with E-state index in [0.717, 1.165) is 0 Å². The summed E-state index contributed by atoms with van der Waals surface area (Å²) in [6.07, 6.45) is 53.4. The van der Waals surface area contributed by atoms with Gasteiger partial charge < -0.3 is 0 Å². The Kier molecular flexibility index (Phi) is 31.5. The number of rotatable bonds is 36. The third kappa shape index (κ3) is 25.4. The zero-order valence-corrected chi connectivity index (χ0v) is 31.0. The van der Waals surface area contributed by atoms with Gasteiger partial charge in [0.15, 0.2) is 0 Å². The summed E-state index contributed by atoms with van der Waals surface area (Å²) in [5.74, 6) is 1.62. The normalized spacial score (nSPS) is 11.6. The molecule has 0 atom stereocenters. The summed E-state index contributed by atoms with van der Waals surface area (Å²) in [7, 11) is 0. The second-order valence-corrected chi connectivity index (χ2v) is 14.5. The third-order valence-electron chi connectivity index (χ3n) is 10.1. The molecule has 0 spiro atoms. The van der Waals surface area contributed by atoms with Gasteiger partial charge in [-0.25, -0.2) is 9.13 Å². The molecule has 0 saturated carbocycles. The van der Waals surface area contributed by atoms with Gasteiger partial charge >= 0.3 is 0 Å². The number of nitrogens with zero attached hydrogens (tertiary/aromatic N) is 2. The van der Waals surface area contributed by atoms with E-state index in [0.29, 0.717) is 0 Å². The molecule has 0 radical (unpaired) electrons. The van der Waals surface area contributed by atoms with E-state index in [1.54, 1.807) is 5.82 Å². The Morgan fingerprint density at radius 1 is 0.386 bits per heavy atom. The van der Waals surface area contributed by atoms with Crippen molar-refractivity contribution < 1.29 is 4.57 Å². The number of hydrogen-bond acceptors (Lipinski definition) is 0. The highest BCUT2D eigenvalue weighted by Gasteiger charge is 2.16. The molecule has 0 N–H and O–H groups in total. The first-order chi connectivity index (χ1) is 21.8. The molecule has 0 amide bonds. The average molecular weight is 616 g/mol. The maximum Gasteiger partial charge on any atom is 0.256 e. The minimum atomic E-state index is 1.23. The van der Waals surface area contributed by atoms with Crippen molar-refractivity contribution in [2.45, 2.75) is 252 Å². The Balaban J connectivity index is 2.20. The molecule has 0 fully saturated rings. The average Bonchev–Trinajstić information content (AvgIpc) is 3.42. The van der Waals surface area contributed by atoms with Gasteiger partial charge in [0.25, 0.3) is 5.82 Å². The van der Waals surface area contributed by atoms with Gasteiger partial charge in [-0.15, -0.1) is 0 Å². The second-order valence-electron chi connectivity index (χ2n) is 14.5. The van der Waals surface area contributed by atoms with Gasteiger partial charge in [-0.1, -0.05) is 201 Å². The molecule has 0 unspecified atom stereocenters. The Hall–Kier alpha value is -0.790. The van der Waals surface area contributed by atoms with Gasteiger partial charge in [0.05, 0.1) is 13.1 Å². The number of aryl methyl sites for hydroxylation is 2. The Morgan fingerprint density at radius 2 is 0.705 bits per heavy atom. The molecule has 1 aromatic heterocycles. The summed E-state index contributed by atoms with van der Waals surface area (Å²) < 4.78 is 5.26. The van der Waals surface area contributed by atoms with Crippen LogP contribution in [0.3, 0.4) is 0 Å². The lowest BCUT2D eigenvalue weighted by atomic mass is 10.0. The summed E-state index contributed by atoms with van der Waals surface area (Å²) in [4.78, 5) is 0. The predicted molar refractivity (Wildman–Crippen MR) is 198 cm³/mol. The number of unbranched alkanes of at least 4 members (excludes halogenated alkanes) is 30. The lowest BCUT2D eigenvalue weighted by Gasteiger charge is -2.07. The second kappa shape index (κ2) is 33.6. The van der Waals surface area contributed by atoms with Crippen LogP contribution in [0.15, 0.2) is 12.4 Å². The molecule has 0 aromatic carbocycles. The molecule has 0 aliphatic heterocycles. The van der Waals surface area contributed by atoms with Crippen LogP contribution in [0, 0.1) is 0 Å². The van der Waals surface area contributed by atoms with E-state index in [1.807, 2.05) is 0 Å². The van der Waals surface area contributed by atoms with Crippen molar-refractivity contribution in [2.75, 3.05) is 0 Å². The van der Waals surface area contributed by atoms with Crippen molar-refractivity contribution in [3.63, 3.8) is 0 Å². The first kappa shape index (κ1) is 41.2. The summed E-state index contributed by atoms with van der Waals surface area (Å²) in [5.41, 5.74) is 0. The molecule has 0 bridgehead atoms. The Labute approximate surface area is 279 Å².